The number of nitrogens with zero attached hydrogens (tertiary/aromatic N) is 4. The van der Waals surface area contributed by atoms with Gasteiger partial charge < -0.3 is 4.57 Å². The Kier molecular flexibility index (Phi) is 5.51. The van der Waals surface area contributed by atoms with Gasteiger partial charge in [0.25, 0.3) is 0 Å². The van der Waals surface area contributed by atoms with Gasteiger partial charge in [-0.3, -0.25) is 4.57 Å². The summed E-state index contributed by atoms with van der Waals surface area (Å²) in [5, 5.41) is 8.47. The molecule has 4 heterocycles. The largest absolute Gasteiger partial charge is 0.309 e. The quantitative estimate of drug-likeness (QED) is 0.192. The first kappa shape index (κ1) is 26.7. The Bertz CT molecular complexity index is 3070. The standard InChI is InChI=1S/C44H26N4S/c1-6-16-36-34(15-1)43(27-21-23-33-32-14-5-10-20-41(32)49-42(33)25-27)46-44(45-36)48-39-19-9-4-13-31(39)35-26-28(22-24-40(35)48)47-37-17-7-2-11-29(37)30-12-3-8-18-38(30)47/h1-26H. The minimum atomic E-state index is 0.668. The van der Waals surface area contributed by atoms with E-state index in [1.165, 1.54) is 52.8 Å². The maximum atomic E-state index is 5.38. The number of fused-ring (bicyclic) bond motifs is 10. The van der Waals surface area contributed by atoms with E-state index in [1.54, 1.807) is 0 Å². The van der Waals surface area contributed by atoms with Gasteiger partial charge in [-0.1, -0.05) is 103 Å². The molecule has 0 atom stereocenters. The fourth-order valence-electron chi connectivity index (χ4n) is 7.77. The van der Waals surface area contributed by atoms with E-state index >= 15 is 0 Å². The van der Waals surface area contributed by atoms with Crippen LogP contribution >= 0.6 is 11.3 Å². The third-order valence-corrected chi connectivity index (χ3v) is 11.1. The van der Waals surface area contributed by atoms with Crippen molar-refractivity contribution in [3.8, 4) is 22.9 Å². The third kappa shape index (κ3) is 3.85. The predicted octanol–water partition coefficient (Wildman–Crippen LogP) is 11.9. The van der Waals surface area contributed by atoms with Crippen LogP contribution in [0.5, 0.6) is 0 Å². The molecule has 0 bridgehead atoms. The molecule has 0 aliphatic carbocycles. The van der Waals surface area contributed by atoms with Crippen LogP contribution in [0.3, 0.4) is 0 Å². The number of hydrogen-bond donors (Lipinski definition) is 0. The molecule has 4 nitrogen and oxygen atoms in total. The smallest absolute Gasteiger partial charge is 0.235 e. The lowest BCUT2D eigenvalue weighted by Gasteiger charge is -2.12. The molecule has 228 valence electrons. The molecule has 4 aromatic heterocycles. The maximum Gasteiger partial charge on any atom is 0.235 e. The zero-order valence-electron chi connectivity index (χ0n) is 26.2. The van der Waals surface area contributed by atoms with E-state index in [1.807, 2.05) is 11.3 Å². The third-order valence-electron chi connectivity index (χ3n) is 9.94. The first-order valence-corrected chi connectivity index (χ1v) is 17.3. The zero-order chi connectivity index (χ0) is 32.1. The number of hydrogen-bond acceptors (Lipinski definition) is 3. The first-order chi connectivity index (χ1) is 24.3. The molecule has 0 saturated carbocycles. The van der Waals surface area contributed by atoms with E-state index in [0.29, 0.717) is 5.95 Å². The Labute approximate surface area is 284 Å². The summed E-state index contributed by atoms with van der Waals surface area (Å²) in [7, 11) is 0. The summed E-state index contributed by atoms with van der Waals surface area (Å²) in [4.78, 5) is 10.6. The Morgan fingerprint density at radius 1 is 0.388 bits per heavy atom. The van der Waals surface area contributed by atoms with Crippen LogP contribution < -0.4 is 0 Å². The molecule has 49 heavy (non-hydrogen) atoms. The molecule has 7 aromatic carbocycles. The average molecular weight is 643 g/mol. The average Bonchev–Trinajstić information content (AvgIpc) is 3.81. The van der Waals surface area contributed by atoms with Crippen molar-refractivity contribution < 1.29 is 0 Å². The van der Waals surface area contributed by atoms with E-state index < -0.39 is 0 Å². The minimum absolute atomic E-state index is 0.668. The molecule has 0 unspecified atom stereocenters. The summed E-state index contributed by atoms with van der Waals surface area (Å²) in [5.74, 6) is 0.668. The van der Waals surface area contributed by atoms with Crippen LogP contribution in [0.2, 0.25) is 0 Å². The van der Waals surface area contributed by atoms with Crippen LogP contribution in [0.15, 0.2) is 158 Å². The van der Waals surface area contributed by atoms with E-state index in [4.69, 9.17) is 9.97 Å². The summed E-state index contributed by atoms with van der Waals surface area (Å²) in [6.07, 6.45) is 0. The molecule has 0 radical (unpaired) electrons. The number of rotatable bonds is 3. The molecule has 0 aliphatic rings. The van der Waals surface area contributed by atoms with Crippen LogP contribution in [0.4, 0.5) is 0 Å². The molecular formula is C44H26N4S. The SMILES string of the molecule is c1ccc2c(-c3ccc4c(c3)sc3ccccc34)nc(-n3c4ccccc4c4cc(-n5c6ccccc6c6ccccc65)ccc43)nc2c1. The Morgan fingerprint density at radius 3 is 1.71 bits per heavy atom. The molecule has 11 rings (SSSR count). The molecule has 0 spiro atoms. The van der Waals surface area contributed by atoms with E-state index in [-0.39, 0.29) is 0 Å². The molecule has 11 aromatic rings. The normalized spacial score (nSPS) is 12.1. The number of benzene rings is 7. The van der Waals surface area contributed by atoms with Crippen LogP contribution in [-0.2, 0) is 0 Å². The van der Waals surface area contributed by atoms with E-state index in [0.717, 1.165) is 38.9 Å². The lowest BCUT2D eigenvalue weighted by Crippen LogP contribution is -2.03. The lowest BCUT2D eigenvalue weighted by molar-refractivity contribution is 1.01. The van der Waals surface area contributed by atoms with Gasteiger partial charge in [-0.05, 0) is 54.6 Å². The van der Waals surface area contributed by atoms with Crippen molar-refractivity contribution in [1.29, 1.82) is 0 Å². The van der Waals surface area contributed by atoms with Gasteiger partial charge in [0.15, 0.2) is 0 Å². The Morgan fingerprint density at radius 2 is 0.959 bits per heavy atom. The van der Waals surface area contributed by atoms with Crippen LogP contribution in [-0.4, -0.2) is 19.1 Å². The zero-order valence-corrected chi connectivity index (χ0v) is 27.0. The minimum Gasteiger partial charge on any atom is -0.309 e. The van der Waals surface area contributed by atoms with Gasteiger partial charge in [0.05, 0.1) is 33.3 Å². The van der Waals surface area contributed by atoms with Crippen molar-refractivity contribution in [2.24, 2.45) is 0 Å². The van der Waals surface area contributed by atoms with Crippen molar-refractivity contribution >= 4 is 86.0 Å². The summed E-state index contributed by atoms with van der Waals surface area (Å²) >= 11 is 1.83. The second kappa shape index (κ2) is 10.1. The lowest BCUT2D eigenvalue weighted by atomic mass is 10.0. The van der Waals surface area contributed by atoms with Crippen LogP contribution in [0.25, 0.3) is 97.6 Å². The molecule has 0 fully saturated rings. The first-order valence-electron chi connectivity index (χ1n) is 16.5. The highest BCUT2D eigenvalue weighted by molar-refractivity contribution is 7.25. The molecular weight excluding hydrogens is 617 g/mol. The molecule has 5 heteroatoms. The van der Waals surface area contributed by atoms with Crippen molar-refractivity contribution in [3.63, 3.8) is 0 Å². The van der Waals surface area contributed by atoms with Gasteiger partial charge in [0.2, 0.25) is 5.95 Å². The van der Waals surface area contributed by atoms with Crippen molar-refractivity contribution in [2.45, 2.75) is 0 Å². The van der Waals surface area contributed by atoms with E-state index in [9.17, 15) is 0 Å². The monoisotopic (exact) mass is 642 g/mol. The fraction of sp³-hybridized carbons (Fsp3) is 0. The fourth-order valence-corrected chi connectivity index (χ4v) is 8.92. The highest BCUT2D eigenvalue weighted by Crippen LogP contribution is 2.39. The van der Waals surface area contributed by atoms with Gasteiger partial charge in [0, 0.05) is 58.4 Å². The summed E-state index contributed by atoms with van der Waals surface area (Å²) in [5.41, 5.74) is 8.64. The second-order valence-electron chi connectivity index (χ2n) is 12.6. The molecule has 0 amide bonds. The van der Waals surface area contributed by atoms with Gasteiger partial charge in [0.1, 0.15) is 0 Å². The summed E-state index contributed by atoms with van der Waals surface area (Å²) in [6, 6.07) is 56.5. The van der Waals surface area contributed by atoms with Crippen molar-refractivity contribution in [3.05, 3.63) is 158 Å². The van der Waals surface area contributed by atoms with Crippen molar-refractivity contribution in [2.75, 3.05) is 0 Å². The summed E-state index contributed by atoms with van der Waals surface area (Å²) < 4.78 is 7.17. The Hall–Kier alpha value is -6.30. The van der Waals surface area contributed by atoms with Crippen LogP contribution in [0, 0.1) is 0 Å². The predicted molar refractivity (Wildman–Crippen MR) is 207 cm³/mol. The maximum absolute atomic E-state index is 5.38. The van der Waals surface area contributed by atoms with Gasteiger partial charge in [-0.25, -0.2) is 9.97 Å². The molecule has 0 aliphatic heterocycles. The van der Waals surface area contributed by atoms with Gasteiger partial charge in [-0.2, -0.15) is 0 Å². The molecule has 0 N–H and O–H groups in total. The highest BCUT2D eigenvalue weighted by atomic mass is 32.1. The van der Waals surface area contributed by atoms with Crippen LogP contribution in [0.1, 0.15) is 0 Å². The number of aromatic nitrogens is 4. The number of para-hydroxylation sites is 4. The highest BCUT2D eigenvalue weighted by Gasteiger charge is 2.19. The second-order valence-corrected chi connectivity index (χ2v) is 13.7. The summed E-state index contributed by atoms with van der Waals surface area (Å²) in [6.45, 7) is 0. The number of thiophene rings is 1. The molecule has 0 saturated heterocycles. The Balaban J connectivity index is 1.16. The van der Waals surface area contributed by atoms with Gasteiger partial charge in [-0.15, -0.1) is 11.3 Å². The van der Waals surface area contributed by atoms with E-state index in [2.05, 4.69) is 167 Å². The van der Waals surface area contributed by atoms with Crippen molar-refractivity contribution in [1.82, 2.24) is 19.1 Å². The topological polar surface area (TPSA) is 35.6 Å². The van der Waals surface area contributed by atoms with Gasteiger partial charge >= 0.3 is 0 Å².